The molecule has 0 saturated carbocycles. The van der Waals surface area contributed by atoms with Crippen LogP contribution in [0, 0.1) is 0 Å². The first-order chi connectivity index (χ1) is 14.6. The Morgan fingerprint density at radius 1 is 1.20 bits per heavy atom. The minimum atomic E-state index is -0.256. The van der Waals surface area contributed by atoms with E-state index in [4.69, 9.17) is 14.5 Å². The van der Waals surface area contributed by atoms with Crippen LogP contribution in [0.4, 0.5) is 5.95 Å². The molecule has 3 heterocycles. The Morgan fingerprint density at radius 2 is 2.00 bits per heavy atom. The van der Waals surface area contributed by atoms with Crippen LogP contribution in [0.2, 0.25) is 0 Å². The van der Waals surface area contributed by atoms with E-state index in [1.54, 1.807) is 25.4 Å². The summed E-state index contributed by atoms with van der Waals surface area (Å²) in [4.78, 5) is 22.9. The van der Waals surface area contributed by atoms with E-state index in [-0.39, 0.29) is 5.91 Å². The molecular weight excluding hydrogens is 384 g/mol. The van der Waals surface area contributed by atoms with E-state index in [2.05, 4.69) is 20.5 Å². The first kappa shape index (κ1) is 20.1. The Balaban J connectivity index is 1.44. The van der Waals surface area contributed by atoms with Gasteiger partial charge in [0, 0.05) is 58.6 Å². The lowest BCUT2D eigenvalue weighted by Gasteiger charge is -2.26. The fraction of sp³-hybridized carbons (Fsp3) is 0.381. The Kier molecular flexibility index (Phi) is 6.10. The van der Waals surface area contributed by atoms with Crippen LogP contribution in [-0.2, 0) is 11.8 Å². The number of aryl methyl sites for hydroxylation is 1. The molecule has 1 fully saturated rings. The highest BCUT2D eigenvalue weighted by Gasteiger charge is 2.12. The normalized spacial score (nSPS) is 14.6. The Hall–Kier alpha value is -3.17. The summed E-state index contributed by atoms with van der Waals surface area (Å²) in [5.74, 6) is 1.76. The molecule has 0 bridgehead atoms. The van der Waals surface area contributed by atoms with Crippen molar-refractivity contribution in [1.82, 2.24) is 24.8 Å². The van der Waals surface area contributed by atoms with Crippen LogP contribution in [0.5, 0.6) is 11.5 Å². The number of nitrogens with one attached hydrogen (secondary N) is 2. The Labute approximate surface area is 175 Å². The van der Waals surface area contributed by atoms with Crippen molar-refractivity contribution < 1.29 is 14.3 Å². The van der Waals surface area contributed by atoms with Crippen LogP contribution >= 0.6 is 0 Å². The molecule has 4 rings (SSSR count). The first-order valence-corrected chi connectivity index (χ1v) is 10.0. The summed E-state index contributed by atoms with van der Waals surface area (Å²) < 4.78 is 13.3. The van der Waals surface area contributed by atoms with Gasteiger partial charge in [0.15, 0.2) is 0 Å². The lowest BCUT2D eigenvalue weighted by Crippen LogP contribution is -2.39. The van der Waals surface area contributed by atoms with E-state index in [1.807, 2.05) is 29.8 Å². The zero-order valence-electron chi connectivity index (χ0n) is 17.2. The van der Waals surface area contributed by atoms with Crippen LogP contribution in [0.3, 0.4) is 0 Å². The average Bonchev–Trinajstić information content (AvgIpc) is 3.09. The molecule has 1 aromatic carbocycles. The van der Waals surface area contributed by atoms with Gasteiger partial charge in [-0.05, 0) is 18.2 Å². The van der Waals surface area contributed by atoms with Crippen LogP contribution in [0.15, 0.2) is 36.5 Å². The number of fused-ring (bicyclic) bond motifs is 1. The fourth-order valence-electron chi connectivity index (χ4n) is 3.41. The monoisotopic (exact) mass is 410 g/mol. The zero-order valence-corrected chi connectivity index (χ0v) is 17.2. The predicted molar refractivity (Wildman–Crippen MR) is 114 cm³/mol. The van der Waals surface area contributed by atoms with E-state index in [9.17, 15) is 4.79 Å². The van der Waals surface area contributed by atoms with Gasteiger partial charge in [-0.3, -0.25) is 14.7 Å². The molecule has 0 aliphatic carbocycles. The van der Waals surface area contributed by atoms with E-state index in [1.165, 1.54) is 0 Å². The molecular formula is C21H26N6O3. The number of aromatic nitrogens is 3. The van der Waals surface area contributed by atoms with Gasteiger partial charge in [0.05, 0.1) is 24.2 Å². The number of hydrogen-bond acceptors (Lipinski definition) is 7. The summed E-state index contributed by atoms with van der Waals surface area (Å²) in [5, 5.41) is 5.98. The number of amides is 1. The van der Waals surface area contributed by atoms with Gasteiger partial charge in [0.25, 0.3) is 5.91 Å². The molecule has 158 valence electrons. The van der Waals surface area contributed by atoms with Crippen LogP contribution in [0.25, 0.3) is 11.0 Å². The summed E-state index contributed by atoms with van der Waals surface area (Å²) in [6.07, 6.45) is 1.55. The van der Waals surface area contributed by atoms with Crippen molar-refractivity contribution in [2.75, 3.05) is 51.8 Å². The number of nitrogens with zero attached hydrogens (tertiary/aromatic N) is 4. The number of rotatable bonds is 7. The molecule has 0 spiro atoms. The summed E-state index contributed by atoms with van der Waals surface area (Å²) >= 11 is 0. The highest BCUT2D eigenvalue weighted by atomic mass is 16.5. The summed E-state index contributed by atoms with van der Waals surface area (Å²) in [6.45, 7) is 5.33. The molecule has 0 radical (unpaired) electrons. The van der Waals surface area contributed by atoms with Crippen molar-refractivity contribution in [2.45, 2.75) is 0 Å². The van der Waals surface area contributed by atoms with Crippen molar-refractivity contribution in [1.29, 1.82) is 0 Å². The van der Waals surface area contributed by atoms with Crippen molar-refractivity contribution >= 4 is 22.9 Å². The molecule has 1 aliphatic rings. The highest BCUT2D eigenvalue weighted by Crippen LogP contribution is 2.27. The van der Waals surface area contributed by atoms with Crippen molar-refractivity contribution in [3.05, 3.63) is 42.2 Å². The average molecular weight is 410 g/mol. The van der Waals surface area contributed by atoms with E-state index < -0.39 is 0 Å². The number of morpholine rings is 1. The number of benzene rings is 1. The predicted octanol–water partition coefficient (Wildman–Crippen LogP) is 1.86. The van der Waals surface area contributed by atoms with E-state index in [0.717, 1.165) is 56.4 Å². The highest BCUT2D eigenvalue weighted by molar-refractivity contribution is 5.92. The van der Waals surface area contributed by atoms with Gasteiger partial charge in [-0.2, -0.15) is 0 Å². The molecule has 9 nitrogen and oxygen atoms in total. The SMILES string of the molecule is CNC(=O)c1cc(Oc2ccc3c(c2)nc(NCCN2CCOCC2)n3C)ccn1. The second-order valence-corrected chi connectivity index (χ2v) is 7.08. The number of imidazole rings is 1. The molecule has 1 saturated heterocycles. The van der Waals surface area contributed by atoms with Crippen LogP contribution < -0.4 is 15.4 Å². The van der Waals surface area contributed by atoms with Gasteiger partial charge in [0.2, 0.25) is 5.95 Å². The molecule has 1 amide bonds. The molecule has 2 N–H and O–H groups in total. The Morgan fingerprint density at radius 3 is 2.80 bits per heavy atom. The van der Waals surface area contributed by atoms with Gasteiger partial charge in [-0.1, -0.05) is 0 Å². The molecule has 2 aromatic heterocycles. The first-order valence-electron chi connectivity index (χ1n) is 10.0. The summed E-state index contributed by atoms with van der Waals surface area (Å²) in [5.41, 5.74) is 2.15. The summed E-state index contributed by atoms with van der Waals surface area (Å²) in [7, 11) is 3.56. The minimum Gasteiger partial charge on any atom is -0.457 e. The van der Waals surface area contributed by atoms with Crippen LogP contribution in [-0.4, -0.2) is 71.8 Å². The minimum absolute atomic E-state index is 0.256. The number of pyridine rings is 1. The number of anilines is 1. The third-order valence-corrected chi connectivity index (χ3v) is 5.09. The van der Waals surface area contributed by atoms with Gasteiger partial charge in [-0.15, -0.1) is 0 Å². The maximum absolute atomic E-state index is 11.8. The van der Waals surface area contributed by atoms with Gasteiger partial charge < -0.3 is 24.7 Å². The maximum atomic E-state index is 11.8. The molecule has 3 aromatic rings. The van der Waals surface area contributed by atoms with E-state index >= 15 is 0 Å². The standard InChI is InChI=1S/C21H26N6O3/c1-22-20(28)18-14-16(5-6-23-18)30-15-3-4-19-17(13-15)25-21(26(19)2)24-7-8-27-9-11-29-12-10-27/h3-6,13-14H,7-12H2,1-2H3,(H,22,28)(H,24,25). The molecule has 30 heavy (non-hydrogen) atoms. The number of carbonyl (C=O) groups is 1. The lowest BCUT2D eigenvalue weighted by molar-refractivity contribution is 0.0398. The largest absolute Gasteiger partial charge is 0.457 e. The third-order valence-electron chi connectivity index (χ3n) is 5.09. The molecule has 1 aliphatic heterocycles. The number of hydrogen-bond donors (Lipinski definition) is 2. The van der Waals surface area contributed by atoms with Crippen LogP contribution in [0.1, 0.15) is 10.5 Å². The van der Waals surface area contributed by atoms with Crippen molar-refractivity contribution in [2.24, 2.45) is 7.05 Å². The number of ether oxygens (including phenoxy) is 2. The van der Waals surface area contributed by atoms with Crippen molar-refractivity contribution in [3.63, 3.8) is 0 Å². The topological polar surface area (TPSA) is 93.5 Å². The quantitative estimate of drug-likeness (QED) is 0.614. The smallest absolute Gasteiger partial charge is 0.269 e. The molecule has 9 heteroatoms. The van der Waals surface area contributed by atoms with Gasteiger partial charge in [0.1, 0.15) is 17.2 Å². The van der Waals surface area contributed by atoms with Gasteiger partial charge >= 0.3 is 0 Å². The second kappa shape index (κ2) is 9.10. The number of carbonyl (C=O) groups excluding carboxylic acids is 1. The lowest BCUT2D eigenvalue weighted by atomic mass is 10.3. The third kappa shape index (κ3) is 4.52. The molecule has 0 atom stereocenters. The Bertz CT molecular complexity index is 1030. The fourth-order valence-corrected chi connectivity index (χ4v) is 3.41. The van der Waals surface area contributed by atoms with Crippen molar-refractivity contribution in [3.8, 4) is 11.5 Å². The maximum Gasteiger partial charge on any atom is 0.269 e. The van der Waals surface area contributed by atoms with E-state index in [0.29, 0.717) is 17.2 Å². The second-order valence-electron chi connectivity index (χ2n) is 7.08. The van der Waals surface area contributed by atoms with Gasteiger partial charge in [-0.25, -0.2) is 4.98 Å². The molecule has 0 unspecified atom stereocenters. The summed E-state index contributed by atoms with van der Waals surface area (Å²) in [6, 6.07) is 9.09. The zero-order chi connectivity index (χ0) is 20.9.